The van der Waals surface area contributed by atoms with E-state index in [1.54, 1.807) is 4.68 Å². The number of para-hydroxylation sites is 1. The van der Waals surface area contributed by atoms with E-state index in [1.807, 2.05) is 35.9 Å². The molecule has 1 aliphatic carbocycles. The number of benzene rings is 1. The van der Waals surface area contributed by atoms with E-state index in [1.165, 1.54) is 0 Å². The molecule has 1 aromatic heterocycles. The Kier molecular flexibility index (Phi) is 3.01. The van der Waals surface area contributed by atoms with Gasteiger partial charge in [-0.25, -0.2) is 4.68 Å². The van der Waals surface area contributed by atoms with Crippen LogP contribution in [0.1, 0.15) is 31.4 Å². The second-order valence-corrected chi connectivity index (χ2v) is 5.71. The first-order valence-electron chi connectivity index (χ1n) is 6.51. The summed E-state index contributed by atoms with van der Waals surface area (Å²) in [6, 6.07) is 7.71. The molecule has 4 nitrogen and oxygen atoms in total. The molecule has 1 heterocycles. The van der Waals surface area contributed by atoms with Crippen molar-refractivity contribution in [3.05, 3.63) is 44.8 Å². The van der Waals surface area contributed by atoms with Gasteiger partial charge in [0.1, 0.15) is 5.69 Å². The van der Waals surface area contributed by atoms with Gasteiger partial charge in [-0.3, -0.25) is 9.48 Å². The normalized spacial score (nSPS) is 14.8. The van der Waals surface area contributed by atoms with Gasteiger partial charge in [0.05, 0.1) is 11.4 Å². The second-order valence-electron chi connectivity index (χ2n) is 4.86. The van der Waals surface area contributed by atoms with E-state index >= 15 is 0 Å². The minimum Gasteiger partial charge on any atom is -0.393 e. The van der Waals surface area contributed by atoms with Crippen molar-refractivity contribution in [2.45, 2.75) is 32.2 Å². The van der Waals surface area contributed by atoms with Crippen LogP contribution in [0.25, 0.3) is 5.69 Å². The highest BCUT2D eigenvalue weighted by Gasteiger charge is 2.32. The van der Waals surface area contributed by atoms with E-state index in [0.717, 1.165) is 35.2 Å². The molecule has 1 fully saturated rings. The fourth-order valence-electron chi connectivity index (χ4n) is 2.54. The minimum absolute atomic E-state index is 0.115. The SMILES string of the molecule is CCn1c(C2CC2)c(N)c(=O)n1-c1ccccc1Br. The van der Waals surface area contributed by atoms with Crippen LogP contribution in [0.3, 0.4) is 0 Å². The average molecular weight is 322 g/mol. The van der Waals surface area contributed by atoms with Crippen molar-refractivity contribution in [2.24, 2.45) is 0 Å². The summed E-state index contributed by atoms with van der Waals surface area (Å²) in [5, 5.41) is 0. The highest BCUT2D eigenvalue weighted by atomic mass is 79.9. The summed E-state index contributed by atoms with van der Waals surface area (Å²) in [7, 11) is 0. The maximum absolute atomic E-state index is 12.5. The number of nitrogen functional groups attached to an aromatic ring is 1. The second kappa shape index (κ2) is 4.56. The third-order valence-electron chi connectivity index (χ3n) is 3.56. The van der Waals surface area contributed by atoms with E-state index in [-0.39, 0.29) is 5.56 Å². The lowest BCUT2D eigenvalue weighted by Crippen LogP contribution is -2.22. The molecule has 1 saturated carbocycles. The molecular formula is C14H16BrN3O. The monoisotopic (exact) mass is 321 g/mol. The summed E-state index contributed by atoms with van der Waals surface area (Å²) in [4.78, 5) is 12.5. The predicted molar refractivity (Wildman–Crippen MR) is 79.8 cm³/mol. The van der Waals surface area contributed by atoms with Gasteiger partial charge in [0, 0.05) is 16.9 Å². The van der Waals surface area contributed by atoms with Crippen molar-refractivity contribution in [3.63, 3.8) is 0 Å². The Morgan fingerprint density at radius 3 is 2.63 bits per heavy atom. The van der Waals surface area contributed by atoms with Crippen LogP contribution in [0, 0.1) is 0 Å². The van der Waals surface area contributed by atoms with Crippen LogP contribution in [0.2, 0.25) is 0 Å². The van der Waals surface area contributed by atoms with Crippen LogP contribution < -0.4 is 11.3 Å². The summed E-state index contributed by atoms with van der Waals surface area (Å²) >= 11 is 3.50. The Balaban J connectivity index is 2.30. The van der Waals surface area contributed by atoms with E-state index in [4.69, 9.17) is 5.73 Å². The lowest BCUT2D eigenvalue weighted by atomic mass is 10.2. The van der Waals surface area contributed by atoms with E-state index < -0.39 is 0 Å². The molecule has 100 valence electrons. The van der Waals surface area contributed by atoms with Crippen molar-refractivity contribution in [2.75, 3.05) is 5.73 Å². The summed E-state index contributed by atoms with van der Waals surface area (Å²) < 4.78 is 4.59. The highest BCUT2D eigenvalue weighted by Crippen LogP contribution is 2.42. The fourth-order valence-corrected chi connectivity index (χ4v) is 2.99. The van der Waals surface area contributed by atoms with Gasteiger partial charge < -0.3 is 5.73 Å². The smallest absolute Gasteiger partial charge is 0.294 e. The summed E-state index contributed by atoms with van der Waals surface area (Å²) in [5.74, 6) is 0.455. The van der Waals surface area contributed by atoms with Crippen LogP contribution in [-0.4, -0.2) is 9.36 Å². The number of anilines is 1. The predicted octanol–water partition coefficient (Wildman–Crippen LogP) is 2.88. The molecule has 0 radical (unpaired) electrons. The molecule has 1 aromatic carbocycles. The molecule has 5 heteroatoms. The molecule has 0 aliphatic heterocycles. The van der Waals surface area contributed by atoms with Gasteiger partial charge in [-0.1, -0.05) is 12.1 Å². The van der Waals surface area contributed by atoms with Crippen LogP contribution in [0.5, 0.6) is 0 Å². The van der Waals surface area contributed by atoms with Gasteiger partial charge in [0.25, 0.3) is 5.56 Å². The number of nitrogens with zero attached hydrogens (tertiary/aromatic N) is 2. The van der Waals surface area contributed by atoms with Crippen LogP contribution >= 0.6 is 15.9 Å². The Labute approximate surface area is 119 Å². The maximum atomic E-state index is 12.5. The summed E-state index contributed by atoms with van der Waals surface area (Å²) in [6.45, 7) is 2.78. The molecule has 0 amide bonds. The average Bonchev–Trinajstić information content (AvgIpc) is 3.20. The number of rotatable bonds is 3. The van der Waals surface area contributed by atoms with Gasteiger partial charge in [-0.05, 0) is 47.8 Å². The molecule has 1 aliphatic rings. The van der Waals surface area contributed by atoms with Gasteiger partial charge in [-0.2, -0.15) is 0 Å². The zero-order valence-electron chi connectivity index (χ0n) is 10.8. The molecule has 2 N–H and O–H groups in total. The van der Waals surface area contributed by atoms with Gasteiger partial charge in [0.15, 0.2) is 0 Å². The van der Waals surface area contributed by atoms with Gasteiger partial charge in [-0.15, -0.1) is 0 Å². The fraction of sp³-hybridized carbons (Fsp3) is 0.357. The molecule has 2 aromatic rings. The Morgan fingerprint density at radius 2 is 2.05 bits per heavy atom. The zero-order chi connectivity index (χ0) is 13.6. The first kappa shape index (κ1) is 12.5. The summed E-state index contributed by atoms with van der Waals surface area (Å²) in [6.07, 6.45) is 2.26. The van der Waals surface area contributed by atoms with E-state index in [9.17, 15) is 4.79 Å². The summed E-state index contributed by atoms with van der Waals surface area (Å²) in [5.41, 5.74) is 8.17. The molecule has 0 atom stereocenters. The van der Waals surface area contributed by atoms with Crippen molar-refractivity contribution >= 4 is 21.6 Å². The standard InChI is InChI=1S/C14H16BrN3O/c1-2-17-13(9-7-8-9)12(16)14(19)18(17)11-6-4-3-5-10(11)15/h3-6,9H,2,7-8,16H2,1H3. The Hall–Kier alpha value is -1.49. The quantitative estimate of drug-likeness (QED) is 0.945. The molecule has 3 rings (SSSR count). The van der Waals surface area contributed by atoms with Crippen LogP contribution in [0.15, 0.2) is 33.5 Å². The first-order chi connectivity index (χ1) is 9.15. The Bertz CT molecular complexity index is 682. The number of nitrogens with two attached hydrogens (primary N) is 1. The molecule has 0 unspecified atom stereocenters. The van der Waals surface area contributed by atoms with E-state index in [0.29, 0.717) is 11.6 Å². The Morgan fingerprint density at radius 1 is 1.37 bits per heavy atom. The van der Waals surface area contributed by atoms with Crippen molar-refractivity contribution in [1.82, 2.24) is 9.36 Å². The largest absolute Gasteiger partial charge is 0.393 e. The molecule has 0 saturated heterocycles. The minimum atomic E-state index is -0.115. The van der Waals surface area contributed by atoms with Crippen molar-refractivity contribution in [3.8, 4) is 5.69 Å². The highest BCUT2D eigenvalue weighted by molar-refractivity contribution is 9.10. The van der Waals surface area contributed by atoms with Crippen molar-refractivity contribution < 1.29 is 0 Å². The van der Waals surface area contributed by atoms with Crippen LogP contribution in [0.4, 0.5) is 5.69 Å². The first-order valence-corrected chi connectivity index (χ1v) is 7.30. The van der Waals surface area contributed by atoms with Crippen molar-refractivity contribution in [1.29, 1.82) is 0 Å². The molecule has 0 bridgehead atoms. The molecule has 0 spiro atoms. The maximum Gasteiger partial charge on any atom is 0.294 e. The third kappa shape index (κ3) is 1.92. The van der Waals surface area contributed by atoms with Gasteiger partial charge in [0.2, 0.25) is 0 Å². The number of aromatic nitrogens is 2. The van der Waals surface area contributed by atoms with Crippen LogP contribution in [-0.2, 0) is 6.54 Å². The lowest BCUT2D eigenvalue weighted by molar-refractivity contribution is 0.548. The lowest BCUT2D eigenvalue weighted by Gasteiger charge is -2.13. The zero-order valence-corrected chi connectivity index (χ0v) is 12.4. The number of halogens is 1. The molecular weight excluding hydrogens is 306 g/mol. The molecule has 19 heavy (non-hydrogen) atoms. The van der Waals surface area contributed by atoms with Gasteiger partial charge >= 0.3 is 0 Å². The van der Waals surface area contributed by atoms with E-state index in [2.05, 4.69) is 15.9 Å². The number of hydrogen-bond donors (Lipinski definition) is 1. The number of hydrogen-bond acceptors (Lipinski definition) is 2. The topological polar surface area (TPSA) is 52.9 Å². The third-order valence-corrected chi connectivity index (χ3v) is 4.23.